The zero-order valence-electron chi connectivity index (χ0n) is 8.96. The summed E-state index contributed by atoms with van der Waals surface area (Å²) in [6.45, 7) is 7.26. The molecule has 0 aromatic carbocycles. The highest BCUT2D eigenvalue weighted by molar-refractivity contribution is 7.96. The monoisotopic (exact) mass is 204 g/mol. The third kappa shape index (κ3) is 2.84. The lowest BCUT2D eigenvalue weighted by Gasteiger charge is -2.40. The first kappa shape index (κ1) is 11.3. The Morgan fingerprint density at radius 3 is 2.77 bits per heavy atom. The van der Waals surface area contributed by atoms with Crippen molar-refractivity contribution >= 4 is 11.9 Å². The molecule has 1 saturated heterocycles. The van der Waals surface area contributed by atoms with E-state index in [1.165, 1.54) is 0 Å². The van der Waals surface area contributed by atoms with Crippen LogP contribution >= 0.6 is 11.9 Å². The molecule has 1 atom stereocenters. The second-order valence-corrected chi connectivity index (χ2v) is 4.78. The molecular weight excluding hydrogens is 184 g/mol. The number of hydrogen-bond donors (Lipinski definition) is 1. The summed E-state index contributed by atoms with van der Waals surface area (Å²) in [5, 5.41) is 3.29. The summed E-state index contributed by atoms with van der Waals surface area (Å²) < 4.78 is 8.10. The number of likely N-dealkylation sites (N-methyl/N-ethyl adjacent to an activating group) is 1. The number of ether oxygens (including phenoxy) is 1. The van der Waals surface area contributed by atoms with Gasteiger partial charge in [0.05, 0.1) is 12.7 Å². The molecule has 1 N–H and O–H groups in total. The first-order chi connectivity index (χ1) is 6.10. The van der Waals surface area contributed by atoms with Gasteiger partial charge >= 0.3 is 0 Å². The number of hydrogen-bond acceptors (Lipinski definition) is 4. The zero-order valence-corrected chi connectivity index (χ0v) is 9.78. The van der Waals surface area contributed by atoms with Gasteiger partial charge < -0.3 is 10.1 Å². The lowest BCUT2D eigenvalue weighted by molar-refractivity contribution is -0.0419. The van der Waals surface area contributed by atoms with Crippen LogP contribution in [0, 0.1) is 0 Å². The van der Waals surface area contributed by atoms with Gasteiger partial charge in [-0.3, -0.25) is 0 Å². The Labute approximate surface area is 85.3 Å². The van der Waals surface area contributed by atoms with Crippen LogP contribution < -0.4 is 5.32 Å². The molecule has 0 aliphatic carbocycles. The summed E-state index contributed by atoms with van der Waals surface area (Å²) in [6.07, 6.45) is 2.41. The molecule has 0 unspecified atom stereocenters. The molecule has 0 aromatic rings. The summed E-state index contributed by atoms with van der Waals surface area (Å²) in [4.78, 5) is 0. The van der Waals surface area contributed by atoms with Crippen molar-refractivity contribution in [3.63, 3.8) is 0 Å². The van der Waals surface area contributed by atoms with E-state index in [9.17, 15) is 0 Å². The van der Waals surface area contributed by atoms with Gasteiger partial charge in [0.1, 0.15) is 0 Å². The molecule has 0 radical (unpaired) electrons. The molecule has 0 aromatic heterocycles. The molecule has 0 amide bonds. The van der Waals surface area contributed by atoms with Crippen LogP contribution in [0.15, 0.2) is 0 Å². The summed E-state index contributed by atoms with van der Waals surface area (Å²) in [6, 6.07) is 0. The van der Waals surface area contributed by atoms with Crippen molar-refractivity contribution in [2.24, 2.45) is 0 Å². The number of morpholine rings is 1. The molecule has 1 aliphatic rings. The van der Waals surface area contributed by atoms with Crippen molar-refractivity contribution in [3.8, 4) is 0 Å². The minimum Gasteiger partial charge on any atom is -0.374 e. The van der Waals surface area contributed by atoms with Crippen LogP contribution in [-0.4, -0.2) is 48.9 Å². The molecule has 4 heteroatoms. The molecule has 78 valence electrons. The second kappa shape index (κ2) is 4.64. The van der Waals surface area contributed by atoms with E-state index < -0.39 is 0 Å². The van der Waals surface area contributed by atoms with E-state index in [0.717, 1.165) is 19.7 Å². The minimum absolute atomic E-state index is 0.0639. The van der Waals surface area contributed by atoms with Gasteiger partial charge in [0.2, 0.25) is 0 Å². The predicted octanol–water partition coefficient (Wildman–Crippen LogP) is 0.963. The van der Waals surface area contributed by atoms with E-state index in [0.29, 0.717) is 6.10 Å². The Morgan fingerprint density at radius 1 is 1.54 bits per heavy atom. The summed E-state index contributed by atoms with van der Waals surface area (Å²) >= 11 is 1.80. The SMILES string of the molecule is CNC(C)(C)[C@@H]1CN(SC)CCO1. The second-order valence-electron chi connectivity index (χ2n) is 3.90. The van der Waals surface area contributed by atoms with Gasteiger partial charge in [0.15, 0.2) is 0 Å². The van der Waals surface area contributed by atoms with E-state index in [4.69, 9.17) is 4.74 Å². The molecule has 1 heterocycles. The Balaban J connectivity index is 2.50. The van der Waals surface area contributed by atoms with Gasteiger partial charge in [-0.1, -0.05) is 11.9 Å². The van der Waals surface area contributed by atoms with Crippen LogP contribution in [-0.2, 0) is 4.74 Å². The molecular formula is C9H20N2OS. The molecule has 1 fully saturated rings. The first-order valence-electron chi connectivity index (χ1n) is 4.69. The highest BCUT2D eigenvalue weighted by Crippen LogP contribution is 2.20. The van der Waals surface area contributed by atoms with Crippen molar-refractivity contribution in [1.29, 1.82) is 0 Å². The fraction of sp³-hybridized carbons (Fsp3) is 1.00. The molecule has 3 nitrogen and oxygen atoms in total. The Kier molecular flexibility index (Phi) is 4.04. The van der Waals surface area contributed by atoms with Crippen LogP contribution in [0.1, 0.15) is 13.8 Å². The maximum Gasteiger partial charge on any atom is 0.0887 e. The van der Waals surface area contributed by atoms with Crippen molar-refractivity contribution in [2.75, 3.05) is 33.0 Å². The van der Waals surface area contributed by atoms with E-state index in [-0.39, 0.29) is 5.54 Å². The maximum atomic E-state index is 5.75. The average molecular weight is 204 g/mol. The number of nitrogens with one attached hydrogen (secondary N) is 1. The average Bonchev–Trinajstić information content (AvgIpc) is 2.18. The van der Waals surface area contributed by atoms with E-state index in [1.54, 1.807) is 11.9 Å². The lowest BCUT2D eigenvalue weighted by atomic mass is 9.97. The summed E-state index contributed by atoms with van der Waals surface area (Å²) in [5.74, 6) is 0. The van der Waals surface area contributed by atoms with Crippen molar-refractivity contribution in [3.05, 3.63) is 0 Å². The zero-order chi connectivity index (χ0) is 9.90. The van der Waals surface area contributed by atoms with Gasteiger partial charge in [-0.05, 0) is 27.2 Å². The van der Waals surface area contributed by atoms with Crippen LogP contribution in [0.3, 0.4) is 0 Å². The molecule has 0 spiro atoms. The molecule has 0 saturated carbocycles. The normalized spacial score (nSPS) is 26.3. The minimum atomic E-state index is 0.0639. The third-order valence-corrected chi connectivity index (χ3v) is 3.58. The van der Waals surface area contributed by atoms with Crippen LogP contribution in [0.25, 0.3) is 0 Å². The highest BCUT2D eigenvalue weighted by Gasteiger charge is 2.32. The van der Waals surface area contributed by atoms with Crippen molar-refractivity contribution < 1.29 is 4.74 Å². The molecule has 13 heavy (non-hydrogen) atoms. The Morgan fingerprint density at radius 2 is 2.23 bits per heavy atom. The van der Waals surface area contributed by atoms with E-state index >= 15 is 0 Å². The van der Waals surface area contributed by atoms with Gasteiger partial charge in [-0.15, -0.1) is 0 Å². The largest absolute Gasteiger partial charge is 0.374 e. The summed E-state index contributed by atoms with van der Waals surface area (Å²) in [7, 11) is 1.99. The molecule has 1 rings (SSSR count). The topological polar surface area (TPSA) is 24.5 Å². The Hall–Kier alpha value is 0.230. The summed E-state index contributed by atoms with van der Waals surface area (Å²) in [5.41, 5.74) is 0.0639. The van der Waals surface area contributed by atoms with Crippen molar-refractivity contribution in [1.82, 2.24) is 9.62 Å². The van der Waals surface area contributed by atoms with Crippen molar-refractivity contribution in [2.45, 2.75) is 25.5 Å². The number of rotatable bonds is 3. The first-order valence-corrected chi connectivity index (χ1v) is 5.88. The van der Waals surface area contributed by atoms with Gasteiger partial charge in [-0.25, -0.2) is 4.31 Å². The van der Waals surface area contributed by atoms with Crippen LogP contribution in [0.4, 0.5) is 0 Å². The van der Waals surface area contributed by atoms with Gasteiger partial charge in [0, 0.05) is 18.6 Å². The maximum absolute atomic E-state index is 5.75. The fourth-order valence-electron chi connectivity index (χ4n) is 1.39. The molecule has 0 bridgehead atoms. The highest BCUT2D eigenvalue weighted by atomic mass is 32.2. The Bertz CT molecular complexity index is 164. The van der Waals surface area contributed by atoms with Crippen LogP contribution in [0.5, 0.6) is 0 Å². The number of nitrogens with zero attached hydrogens (tertiary/aromatic N) is 1. The third-order valence-electron chi connectivity index (χ3n) is 2.74. The fourth-order valence-corrected chi connectivity index (χ4v) is 1.93. The molecule has 1 aliphatic heterocycles. The predicted molar refractivity (Wildman–Crippen MR) is 58.0 cm³/mol. The quantitative estimate of drug-likeness (QED) is 0.692. The smallest absolute Gasteiger partial charge is 0.0887 e. The van der Waals surface area contributed by atoms with Gasteiger partial charge in [0.25, 0.3) is 0 Å². The van der Waals surface area contributed by atoms with Crippen LogP contribution in [0.2, 0.25) is 0 Å². The van der Waals surface area contributed by atoms with Gasteiger partial charge in [-0.2, -0.15) is 0 Å². The lowest BCUT2D eigenvalue weighted by Crippen LogP contribution is -2.56. The van der Waals surface area contributed by atoms with E-state index in [2.05, 4.69) is 29.7 Å². The standard InChI is InChI=1S/C9H20N2OS/c1-9(2,10-3)8-7-11(13-4)5-6-12-8/h8,10H,5-7H2,1-4H3/t8-/m0/s1. The van der Waals surface area contributed by atoms with E-state index in [1.807, 2.05) is 7.05 Å².